The molecular weight excluding hydrogens is 320 g/mol. The van der Waals surface area contributed by atoms with Gasteiger partial charge in [-0.1, -0.05) is 29.8 Å². The van der Waals surface area contributed by atoms with Crippen molar-refractivity contribution < 1.29 is 19.1 Å². The average Bonchev–Trinajstić information content (AvgIpc) is 2.61. The van der Waals surface area contributed by atoms with Gasteiger partial charge in [-0.2, -0.15) is 5.10 Å². The summed E-state index contributed by atoms with van der Waals surface area (Å²) in [6.45, 7) is 3.80. The highest BCUT2D eigenvalue weighted by Gasteiger charge is 2.06. The Kier molecular flexibility index (Phi) is 6.71. The standard InChI is InChI=1S/C19H20N2O4/c1-3-24-18(22)13-25-17-7-5-4-6-16(17)12-20-21-19(23)15-10-8-14(2)9-11-15/h4-12H,3,13H2,1-2H3,(H,21,23)/b20-12+. The number of nitrogens with one attached hydrogen (secondary N) is 1. The van der Waals surface area contributed by atoms with Crippen molar-refractivity contribution in [2.75, 3.05) is 13.2 Å². The molecule has 2 rings (SSSR count). The number of ether oxygens (including phenoxy) is 2. The van der Waals surface area contributed by atoms with Gasteiger partial charge in [-0.3, -0.25) is 4.79 Å². The van der Waals surface area contributed by atoms with E-state index in [1.165, 1.54) is 6.21 Å². The van der Waals surface area contributed by atoms with E-state index in [1.54, 1.807) is 43.3 Å². The van der Waals surface area contributed by atoms with Crippen molar-refractivity contribution in [2.45, 2.75) is 13.8 Å². The molecule has 0 aliphatic rings. The number of aryl methyl sites for hydroxylation is 1. The largest absolute Gasteiger partial charge is 0.481 e. The van der Waals surface area contributed by atoms with Gasteiger partial charge in [0.25, 0.3) is 5.91 Å². The minimum atomic E-state index is -0.443. The Bertz CT molecular complexity index is 754. The lowest BCUT2D eigenvalue weighted by Crippen LogP contribution is -2.18. The summed E-state index contributed by atoms with van der Waals surface area (Å²) in [5.74, 6) is -0.271. The third kappa shape index (κ3) is 5.76. The fraction of sp³-hybridized carbons (Fsp3) is 0.211. The van der Waals surface area contributed by atoms with Crippen LogP contribution in [0.4, 0.5) is 0 Å². The van der Waals surface area contributed by atoms with E-state index < -0.39 is 5.97 Å². The molecule has 0 aliphatic carbocycles. The Morgan fingerprint density at radius 1 is 1.12 bits per heavy atom. The van der Waals surface area contributed by atoms with Gasteiger partial charge in [-0.15, -0.1) is 0 Å². The number of carbonyl (C=O) groups is 2. The minimum absolute atomic E-state index is 0.186. The van der Waals surface area contributed by atoms with Crippen LogP contribution in [0, 0.1) is 6.92 Å². The smallest absolute Gasteiger partial charge is 0.344 e. The maximum Gasteiger partial charge on any atom is 0.344 e. The first-order valence-corrected chi connectivity index (χ1v) is 7.87. The number of hydrogen-bond acceptors (Lipinski definition) is 5. The highest BCUT2D eigenvalue weighted by molar-refractivity contribution is 5.95. The zero-order valence-corrected chi connectivity index (χ0v) is 14.2. The fourth-order valence-corrected chi connectivity index (χ4v) is 1.99. The van der Waals surface area contributed by atoms with E-state index >= 15 is 0 Å². The summed E-state index contributed by atoms with van der Waals surface area (Å²) in [6.07, 6.45) is 1.46. The van der Waals surface area contributed by atoms with Crippen LogP contribution in [0.1, 0.15) is 28.4 Å². The first kappa shape index (κ1) is 18.2. The maximum absolute atomic E-state index is 12.0. The molecular formula is C19H20N2O4. The number of benzene rings is 2. The van der Waals surface area contributed by atoms with E-state index in [0.717, 1.165) is 5.56 Å². The Balaban J connectivity index is 1.97. The maximum atomic E-state index is 12.0. The van der Waals surface area contributed by atoms with Crippen LogP contribution < -0.4 is 10.2 Å². The van der Waals surface area contributed by atoms with Crippen LogP contribution in [-0.4, -0.2) is 31.3 Å². The van der Waals surface area contributed by atoms with Crippen LogP contribution in [0.25, 0.3) is 0 Å². The molecule has 6 heteroatoms. The van der Waals surface area contributed by atoms with Crippen LogP contribution in [-0.2, 0) is 9.53 Å². The number of para-hydroxylation sites is 1. The van der Waals surface area contributed by atoms with Crippen molar-refractivity contribution in [1.29, 1.82) is 0 Å². The number of amides is 1. The molecule has 0 saturated carbocycles. The van der Waals surface area contributed by atoms with E-state index in [9.17, 15) is 9.59 Å². The number of hydrogen-bond donors (Lipinski definition) is 1. The summed E-state index contributed by atoms with van der Waals surface area (Å²) in [5.41, 5.74) is 4.70. The monoisotopic (exact) mass is 340 g/mol. The van der Waals surface area contributed by atoms with Gasteiger partial charge in [0.2, 0.25) is 0 Å². The first-order chi connectivity index (χ1) is 12.1. The number of carbonyl (C=O) groups excluding carboxylic acids is 2. The molecule has 0 aromatic heterocycles. The topological polar surface area (TPSA) is 77.0 Å². The summed E-state index contributed by atoms with van der Waals surface area (Å²) in [5, 5.41) is 3.94. The van der Waals surface area contributed by atoms with Gasteiger partial charge in [0.05, 0.1) is 12.8 Å². The second kappa shape index (κ2) is 9.22. The molecule has 0 spiro atoms. The molecule has 0 bridgehead atoms. The van der Waals surface area contributed by atoms with Crippen LogP contribution in [0.15, 0.2) is 53.6 Å². The molecule has 130 valence electrons. The minimum Gasteiger partial charge on any atom is -0.481 e. The van der Waals surface area contributed by atoms with Crippen molar-refractivity contribution in [2.24, 2.45) is 5.10 Å². The van der Waals surface area contributed by atoms with Crippen LogP contribution in [0.3, 0.4) is 0 Å². The van der Waals surface area contributed by atoms with Crippen molar-refractivity contribution in [3.8, 4) is 5.75 Å². The second-order valence-corrected chi connectivity index (χ2v) is 5.20. The van der Waals surface area contributed by atoms with Crippen molar-refractivity contribution in [3.63, 3.8) is 0 Å². The van der Waals surface area contributed by atoms with Crippen molar-refractivity contribution in [3.05, 3.63) is 65.2 Å². The lowest BCUT2D eigenvalue weighted by molar-refractivity contribution is -0.145. The Morgan fingerprint density at radius 3 is 2.56 bits per heavy atom. The summed E-state index contributed by atoms with van der Waals surface area (Å²) in [6, 6.07) is 14.2. The lowest BCUT2D eigenvalue weighted by atomic mass is 10.1. The van der Waals surface area contributed by atoms with Gasteiger partial charge >= 0.3 is 5.97 Å². The van der Waals surface area contributed by atoms with E-state index in [-0.39, 0.29) is 12.5 Å². The highest BCUT2D eigenvalue weighted by atomic mass is 16.6. The predicted molar refractivity (Wildman–Crippen MR) is 94.8 cm³/mol. The molecule has 1 N–H and O–H groups in total. The van der Waals surface area contributed by atoms with Crippen LogP contribution in [0.2, 0.25) is 0 Å². The number of rotatable bonds is 7. The van der Waals surface area contributed by atoms with Gasteiger partial charge in [0.15, 0.2) is 6.61 Å². The SMILES string of the molecule is CCOC(=O)COc1ccccc1/C=N/NC(=O)c1ccc(C)cc1. The van der Waals surface area contributed by atoms with Gasteiger partial charge in [0, 0.05) is 11.1 Å². The molecule has 0 heterocycles. The van der Waals surface area contributed by atoms with Gasteiger partial charge in [-0.25, -0.2) is 10.2 Å². The number of hydrazone groups is 1. The van der Waals surface area contributed by atoms with E-state index in [0.29, 0.717) is 23.5 Å². The summed E-state index contributed by atoms with van der Waals surface area (Å²) in [7, 11) is 0. The highest BCUT2D eigenvalue weighted by Crippen LogP contribution is 2.15. The zero-order chi connectivity index (χ0) is 18.1. The quantitative estimate of drug-likeness (QED) is 0.478. The van der Waals surface area contributed by atoms with Crippen molar-refractivity contribution >= 4 is 18.1 Å². The molecule has 0 radical (unpaired) electrons. The van der Waals surface area contributed by atoms with Gasteiger partial charge < -0.3 is 9.47 Å². The molecule has 0 atom stereocenters. The van der Waals surface area contributed by atoms with E-state index in [4.69, 9.17) is 9.47 Å². The van der Waals surface area contributed by atoms with E-state index in [1.807, 2.05) is 19.1 Å². The van der Waals surface area contributed by atoms with Crippen LogP contribution >= 0.6 is 0 Å². The van der Waals surface area contributed by atoms with Gasteiger partial charge in [0.1, 0.15) is 5.75 Å². The zero-order valence-electron chi connectivity index (χ0n) is 14.2. The molecule has 2 aromatic rings. The molecule has 6 nitrogen and oxygen atoms in total. The third-order valence-corrected chi connectivity index (χ3v) is 3.25. The molecule has 0 unspecified atom stereocenters. The average molecular weight is 340 g/mol. The molecule has 2 aromatic carbocycles. The summed E-state index contributed by atoms with van der Waals surface area (Å²) < 4.78 is 10.2. The second-order valence-electron chi connectivity index (χ2n) is 5.20. The lowest BCUT2D eigenvalue weighted by Gasteiger charge is -2.08. The van der Waals surface area contributed by atoms with Crippen LogP contribution in [0.5, 0.6) is 5.75 Å². The molecule has 0 fully saturated rings. The fourth-order valence-electron chi connectivity index (χ4n) is 1.99. The van der Waals surface area contributed by atoms with Gasteiger partial charge in [-0.05, 0) is 38.1 Å². The molecule has 0 aliphatic heterocycles. The van der Waals surface area contributed by atoms with Crippen molar-refractivity contribution in [1.82, 2.24) is 5.43 Å². The molecule has 0 saturated heterocycles. The normalized spacial score (nSPS) is 10.5. The Labute approximate surface area is 146 Å². The molecule has 25 heavy (non-hydrogen) atoms. The van der Waals surface area contributed by atoms with E-state index in [2.05, 4.69) is 10.5 Å². The number of esters is 1. The summed E-state index contributed by atoms with van der Waals surface area (Å²) in [4.78, 5) is 23.4. The summed E-state index contributed by atoms with van der Waals surface area (Å²) >= 11 is 0. The molecule has 1 amide bonds. The predicted octanol–water partition coefficient (Wildman–Crippen LogP) is 2.70. The first-order valence-electron chi connectivity index (χ1n) is 7.87. The Hall–Kier alpha value is -3.15. The Morgan fingerprint density at radius 2 is 1.84 bits per heavy atom. The third-order valence-electron chi connectivity index (χ3n) is 3.25. The number of nitrogens with zero attached hydrogens (tertiary/aromatic N) is 1.